The third kappa shape index (κ3) is 3.32. The molecule has 15 heavy (non-hydrogen) atoms. The second-order valence-corrected chi connectivity index (χ2v) is 4.16. The number of hydrogen-bond acceptors (Lipinski definition) is 2. The summed E-state index contributed by atoms with van der Waals surface area (Å²) >= 11 is 3.40. The van der Waals surface area contributed by atoms with Crippen LogP contribution in [0.15, 0.2) is 22.7 Å². The van der Waals surface area contributed by atoms with Gasteiger partial charge in [0.2, 0.25) is 0 Å². The fraction of sp³-hybridized carbons (Fsp3) is 0.364. The molecule has 4 heteroatoms. The van der Waals surface area contributed by atoms with Gasteiger partial charge in [0.15, 0.2) is 0 Å². The van der Waals surface area contributed by atoms with Crippen LogP contribution < -0.4 is 11.1 Å². The Kier molecular flexibility index (Phi) is 4.78. The minimum absolute atomic E-state index is 0.0396. The molecule has 0 aromatic heterocycles. The van der Waals surface area contributed by atoms with Gasteiger partial charge in [-0.2, -0.15) is 0 Å². The van der Waals surface area contributed by atoms with Gasteiger partial charge in [-0.1, -0.05) is 22.0 Å². The van der Waals surface area contributed by atoms with Gasteiger partial charge in [0.1, 0.15) is 0 Å². The van der Waals surface area contributed by atoms with Crippen molar-refractivity contribution >= 4 is 21.8 Å². The zero-order valence-corrected chi connectivity index (χ0v) is 10.3. The van der Waals surface area contributed by atoms with E-state index in [-0.39, 0.29) is 5.91 Å². The number of halogens is 1. The van der Waals surface area contributed by atoms with E-state index in [1.807, 2.05) is 25.1 Å². The standard InChI is InChI=1S/C11H15BrN2O/c1-8-9(4-2-5-10(8)12)11(15)14-7-3-6-13/h2,4-5H,3,6-7,13H2,1H3,(H,14,15). The van der Waals surface area contributed by atoms with Crippen molar-refractivity contribution in [3.8, 4) is 0 Å². The summed E-state index contributed by atoms with van der Waals surface area (Å²) in [5, 5.41) is 2.83. The van der Waals surface area contributed by atoms with E-state index < -0.39 is 0 Å². The highest BCUT2D eigenvalue weighted by Crippen LogP contribution is 2.19. The van der Waals surface area contributed by atoms with Crippen LogP contribution in [0.4, 0.5) is 0 Å². The molecule has 1 aromatic rings. The third-order valence-corrected chi connectivity index (χ3v) is 3.04. The Bertz CT molecular complexity index is 352. The van der Waals surface area contributed by atoms with Gasteiger partial charge in [0.05, 0.1) is 0 Å². The van der Waals surface area contributed by atoms with Gasteiger partial charge >= 0.3 is 0 Å². The fourth-order valence-corrected chi connectivity index (χ4v) is 1.62. The van der Waals surface area contributed by atoms with Crippen LogP contribution in [0, 0.1) is 6.92 Å². The fourth-order valence-electron chi connectivity index (χ4n) is 1.25. The van der Waals surface area contributed by atoms with Crippen LogP contribution in [0.2, 0.25) is 0 Å². The number of carbonyl (C=O) groups excluding carboxylic acids is 1. The predicted octanol–water partition coefficient (Wildman–Crippen LogP) is 1.84. The number of nitrogens with one attached hydrogen (secondary N) is 1. The molecule has 0 radical (unpaired) electrons. The summed E-state index contributed by atoms with van der Waals surface area (Å²) in [7, 11) is 0. The van der Waals surface area contributed by atoms with Crippen LogP contribution in [0.1, 0.15) is 22.3 Å². The Morgan fingerprint density at radius 1 is 1.53 bits per heavy atom. The first-order valence-electron chi connectivity index (χ1n) is 4.90. The van der Waals surface area contributed by atoms with E-state index in [1.54, 1.807) is 0 Å². The maximum Gasteiger partial charge on any atom is 0.251 e. The number of nitrogens with two attached hydrogens (primary N) is 1. The molecular weight excluding hydrogens is 256 g/mol. The number of rotatable bonds is 4. The highest BCUT2D eigenvalue weighted by atomic mass is 79.9. The Labute approximate surface area is 98.2 Å². The van der Waals surface area contributed by atoms with E-state index in [9.17, 15) is 4.79 Å². The molecule has 0 saturated carbocycles. The molecule has 0 atom stereocenters. The Morgan fingerprint density at radius 3 is 2.93 bits per heavy atom. The zero-order valence-electron chi connectivity index (χ0n) is 8.72. The van der Waals surface area contributed by atoms with Crippen molar-refractivity contribution in [2.24, 2.45) is 5.73 Å². The Balaban J connectivity index is 2.69. The molecule has 0 unspecified atom stereocenters. The monoisotopic (exact) mass is 270 g/mol. The van der Waals surface area contributed by atoms with Crippen molar-refractivity contribution in [3.05, 3.63) is 33.8 Å². The van der Waals surface area contributed by atoms with Crippen molar-refractivity contribution in [1.82, 2.24) is 5.32 Å². The first kappa shape index (κ1) is 12.2. The summed E-state index contributed by atoms with van der Waals surface area (Å²) in [6.45, 7) is 3.14. The molecule has 82 valence electrons. The molecule has 0 fully saturated rings. The summed E-state index contributed by atoms with van der Waals surface area (Å²) in [5.74, 6) is -0.0396. The van der Waals surface area contributed by atoms with Crippen LogP contribution in [0.25, 0.3) is 0 Å². The Morgan fingerprint density at radius 2 is 2.27 bits per heavy atom. The Hall–Kier alpha value is -0.870. The lowest BCUT2D eigenvalue weighted by atomic mass is 10.1. The molecule has 0 aliphatic carbocycles. The van der Waals surface area contributed by atoms with Crippen molar-refractivity contribution in [1.29, 1.82) is 0 Å². The number of benzene rings is 1. The minimum atomic E-state index is -0.0396. The predicted molar refractivity (Wildman–Crippen MR) is 64.9 cm³/mol. The van der Waals surface area contributed by atoms with Crippen molar-refractivity contribution < 1.29 is 4.79 Å². The van der Waals surface area contributed by atoms with E-state index in [2.05, 4.69) is 21.2 Å². The number of hydrogen-bond donors (Lipinski definition) is 2. The quantitative estimate of drug-likeness (QED) is 0.821. The largest absolute Gasteiger partial charge is 0.352 e. The van der Waals surface area contributed by atoms with Gasteiger partial charge in [-0.3, -0.25) is 4.79 Å². The van der Waals surface area contributed by atoms with Gasteiger partial charge in [-0.15, -0.1) is 0 Å². The van der Waals surface area contributed by atoms with Crippen LogP contribution >= 0.6 is 15.9 Å². The minimum Gasteiger partial charge on any atom is -0.352 e. The van der Waals surface area contributed by atoms with Crippen LogP contribution in [0.5, 0.6) is 0 Å². The smallest absolute Gasteiger partial charge is 0.251 e. The lowest BCUT2D eigenvalue weighted by molar-refractivity contribution is 0.0953. The molecule has 1 aromatic carbocycles. The van der Waals surface area contributed by atoms with E-state index in [0.29, 0.717) is 18.7 Å². The molecular formula is C11H15BrN2O. The molecule has 0 aliphatic rings. The summed E-state index contributed by atoms with van der Waals surface area (Å²) in [4.78, 5) is 11.7. The van der Waals surface area contributed by atoms with E-state index >= 15 is 0 Å². The number of carbonyl (C=O) groups is 1. The molecule has 0 bridgehead atoms. The first-order valence-corrected chi connectivity index (χ1v) is 5.69. The molecule has 3 N–H and O–H groups in total. The highest BCUT2D eigenvalue weighted by Gasteiger charge is 2.09. The summed E-state index contributed by atoms with van der Waals surface area (Å²) in [6, 6.07) is 5.60. The summed E-state index contributed by atoms with van der Waals surface area (Å²) < 4.78 is 0.953. The lowest BCUT2D eigenvalue weighted by Gasteiger charge is -2.08. The maximum absolute atomic E-state index is 11.7. The van der Waals surface area contributed by atoms with Crippen molar-refractivity contribution in [3.63, 3.8) is 0 Å². The molecule has 0 saturated heterocycles. The highest BCUT2D eigenvalue weighted by molar-refractivity contribution is 9.10. The lowest BCUT2D eigenvalue weighted by Crippen LogP contribution is -2.26. The first-order chi connectivity index (χ1) is 7.16. The third-order valence-electron chi connectivity index (χ3n) is 2.18. The van der Waals surface area contributed by atoms with Gasteiger partial charge in [0.25, 0.3) is 5.91 Å². The second kappa shape index (κ2) is 5.88. The summed E-state index contributed by atoms with van der Waals surface area (Å²) in [6.07, 6.45) is 0.804. The summed E-state index contributed by atoms with van der Waals surface area (Å²) in [5.41, 5.74) is 7.02. The average Bonchev–Trinajstić information content (AvgIpc) is 2.22. The van der Waals surface area contributed by atoms with Crippen molar-refractivity contribution in [2.45, 2.75) is 13.3 Å². The molecule has 3 nitrogen and oxygen atoms in total. The van der Waals surface area contributed by atoms with Gasteiger partial charge < -0.3 is 11.1 Å². The molecule has 1 amide bonds. The molecule has 0 spiro atoms. The van der Waals surface area contributed by atoms with Gasteiger partial charge in [-0.25, -0.2) is 0 Å². The topological polar surface area (TPSA) is 55.1 Å². The maximum atomic E-state index is 11.7. The van der Waals surface area contributed by atoms with Crippen LogP contribution in [-0.2, 0) is 0 Å². The van der Waals surface area contributed by atoms with E-state index in [4.69, 9.17) is 5.73 Å². The normalized spacial score (nSPS) is 10.1. The second-order valence-electron chi connectivity index (χ2n) is 3.31. The van der Waals surface area contributed by atoms with Crippen LogP contribution in [0.3, 0.4) is 0 Å². The molecule has 0 aliphatic heterocycles. The van der Waals surface area contributed by atoms with Gasteiger partial charge in [-0.05, 0) is 37.6 Å². The average molecular weight is 271 g/mol. The number of amides is 1. The van der Waals surface area contributed by atoms with E-state index in [1.165, 1.54) is 0 Å². The van der Waals surface area contributed by atoms with Crippen molar-refractivity contribution in [2.75, 3.05) is 13.1 Å². The molecule has 1 rings (SSSR count). The zero-order chi connectivity index (χ0) is 11.3. The van der Waals surface area contributed by atoms with Gasteiger partial charge in [0, 0.05) is 16.6 Å². The van der Waals surface area contributed by atoms with E-state index in [0.717, 1.165) is 16.5 Å². The molecule has 0 heterocycles. The SMILES string of the molecule is Cc1c(Br)cccc1C(=O)NCCCN. The van der Waals surface area contributed by atoms with Crippen LogP contribution in [-0.4, -0.2) is 19.0 Å².